The Labute approximate surface area is 92.3 Å². The van der Waals surface area contributed by atoms with Crippen LogP contribution in [0.1, 0.15) is 26.7 Å². The fourth-order valence-corrected chi connectivity index (χ4v) is 2.48. The maximum Gasteiger partial charge on any atom is 0.399 e. The Morgan fingerprint density at radius 1 is 1.31 bits per heavy atom. The van der Waals surface area contributed by atoms with Crippen LogP contribution < -0.4 is 0 Å². The fraction of sp³-hybridized carbons (Fsp3) is 0.875. The second-order valence-corrected chi connectivity index (χ2v) is 5.06. The summed E-state index contributed by atoms with van der Waals surface area (Å²) in [5.74, 6) is -1.39. The van der Waals surface area contributed by atoms with E-state index in [1.807, 2.05) is 0 Å². The number of rotatable bonds is 8. The molecular weight excluding hydrogens is 245 g/mol. The van der Waals surface area contributed by atoms with Crippen LogP contribution in [-0.2, 0) is 18.4 Å². The molecule has 0 rings (SSSR count). The molecule has 0 saturated carbocycles. The summed E-state index contributed by atoms with van der Waals surface area (Å²) in [4.78, 5) is 10.2. The molecule has 5 nitrogen and oxygen atoms in total. The van der Waals surface area contributed by atoms with Gasteiger partial charge in [0.2, 0.25) is 0 Å². The lowest BCUT2D eigenvalue weighted by molar-refractivity contribution is -0.138. The van der Waals surface area contributed by atoms with Gasteiger partial charge in [0.15, 0.2) is 0 Å². The number of hydrogen-bond acceptors (Lipinski definition) is 4. The van der Waals surface area contributed by atoms with Crippen LogP contribution in [0, 0.1) is 0 Å². The predicted molar refractivity (Wildman–Crippen MR) is 52.7 cm³/mol. The first-order chi connectivity index (χ1) is 7.29. The number of alkyl halides is 2. The van der Waals surface area contributed by atoms with E-state index in [9.17, 15) is 18.1 Å². The van der Waals surface area contributed by atoms with Gasteiger partial charge in [-0.15, -0.1) is 0 Å². The molecule has 96 valence electrons. The molecule has 0 aliphatic heterocycles. The van der Waals surface area contributed by atoms with Gasteiger partial charge < -0.3 is 14.2 Å². The minimum Gasteiger partial charge on any atom is -0.481 e. The highest BCUT2D eigenvalue weighted by atomic mass is 31.2. The molecule has 0 bridgehead atoms. The van der Waals surface area contributed by atoms with E-state index >= 15 is 0 Å². The van der Waals surface area contributed by atoms with E-state index in [-0.39, 0.29) is 13.2 Å². The van der Waals surface area contributed by atoms with E-state index in [1.165, 1.54) is 13.8 Å². The van der Waals surface area contributed by atoms with Crippen molar-refractivity contribution in [2.24, 2.45) is 0 Å². The van der Waals surface area contributed by atoms with Gasteiger partial charge in [-0.1, -0.05) is 0 Å². The molecule has 0 amide bonds. The van der Waals surface area contributed by atoms with E-state index < -0.39 is 32.1 Å². The lowest BCUT2D eigenvalue weighted by Crippen LogP contribution is -2.21. The van der Waals surface area contributed by atoms with Crippen LogP contribution in [0.15, 0.2) is 0 Å². The Morgan fingerprint density at radius 2 is 1.75 bits per heavy atom. The molecule has 0 fully saturated rings. The Kier molecular flexibility index (Phi) is 6.07. The smallest absolute Gasteiger partial charge is 0.399 e. The quantitative estimate of drug-likeness (QED) is 0.679. The third-order valence-corrected chi connectivity index (χ3v) is 3.86. The first-order valence-corrected chi connectivity index (χ1v) is 6.32. The summed E-state index contributed by atoms with van der Waals surface area (Å²) in [6, 6.07) is 0. The summed E-state index contributed by atoms with van der Waals surface area (Å²) >= 11 is 0. The van der Waals surface area contributed by atoms with Crippen LogP contribution in [0.3, 0.4) is 0 Å². The van der Waals surface area contributed by atoms with Crippen molar-refractivity contribution in [2.45, 2.75) is 32.4 Å². The van der Waals surface area contributed by atoms with Gasteiger partial charge >= 0.3 is 19.2 Å². The van der Waals surface area contributed by atoms with Crippen molar-refractivity contribution in [3.8, 4) is 0 Å². The molecule has 0 aromatic carbocycles. The number of carboxylic acids is 1. The first kappa shape index (κ1) is 15.5. The van der Waals surface area contributed by atoms with Gasteiger partial charge in [-0.25, -0.2) is 0 Å². The molecule has 0 aliphatic rings. The van der Waals surface area contributed by atoms with E-state index in [0.717, 1.165) is 0 Å². The Hall–Kier alpha value is -0.520. The van der Waals surface area contributed by atoms with E-state index in [2.05, 4.69) is 9.05 Å². The molecule has 0 radical (unpaired) electrons. The van der Waals surface area contributed by atoms with Crippen LogP contribution in [-0.4, -0.2) is 30.0 Å². The molecule has 1 N–H and O–H groups in total. The summed E-state index contributed by atoms with van der Waals surface area (Å²) in [6.07, 6.45) is -1.86. The van der Waals surface area contributed by atoms with E-state index in [4.69, 9.17) is 5.11 Å². The lowest BCUT2D eigenvalue weighted by Gasteiger charge is -2.25. The van der Waals surface area contributed by atoms with Crippen LogP contribution in [0.25, 0.3) is 0 Å². The average Bonchev–Trinajstić information content (AvgIpc) is 2.15. The standard InChI is InChI=1S/C8H15F2O5P/c1-3-14-16(13,15-4-2)8(9,10)6-5-7(11)12/h3-6H2,1-2H3,(H,11,12). The highest BCUT2D eigenvalue weighted by Gasteiger charge is 2.52. The molecule has 0 heterocycles. The number of aliphatic carboxylic acids is 1. The maximum atomic E-state index is 13.4. The zero-order valence-corrected chi connectivity index (χ0v) is 10.0. The minimum absolute atomic E-state index is 0.195. The van der Waals surface area contributed by atoms with Gasteiger partial charge in [-0.3, -0.25) is 9.36 Å². The van der Waals surface area contributed by atoms with Crippen molar-refractivity contribution in [3.63, 3.8) is 0 Å². The summed E-state index contributed by atoms with van der Waals surface area (Å²) in [6.45, 7) is 2.41. The minimum atomic E-state index is -4.58. The van der Waals surface area contributed by atoms with Crippen molar-refractivity contribution < 1.29 is 32.3 Å². The highest BCUT2D eigenvalue weighted by Crippen LogP contribution is 2.63. The molecule has 0 aliphatic carbocycles. The highest BCUT2D eigenvalue weighted by molar-refractivity contribution is 7.55. The van der Waals surface area contributed by atoms with Crippen molar-refractivity contribution in [1.29, 1.82) is 0 Å². The monoisotopic (exact) mass is 260 g/mol. The van der Waals surface area contributed by atoms with Crippen molar-refractivity contribution in [2.75, 3.05) is 13.2 Å². The Bertz CT molecular complexity index is 272. The van der Waals surface area contributed by atoms with E-state index in [0.29, 0.717) is 0 Å². The van der Waals surface area contributed by atoms with Gasteiger partial charge in [-0.2, -0.15) is 8.78 Å². The number of carboxylic acid groups (broad SMARTS) is 1. The summed E-state index contributed by atoms with van der Waals surface area (Å²) in [5.41, 5.74) is -3.78. The number of carbonyl (C=O) groups is 1. The largest absolute Gasteiger partial charge is 0.481 e. The second kappa shape index (κ2) is 6.27. The third-order valence-electron chi connectivity index (χ3n) is 1.64. The molecule has 16 heavy (non-hydrogen) atoms. The van der Waals surface area contributed by atoms with E-state index in [1.54, 1.807) is 0 Å². The average molecular weight is 260 g/mol. The summed E-state index contributed by atoms with van der Waals surface area (Å²) < 4.78 is 47.4. The van der Waals surface area contributed by atoms with Gasteiger partial charge in [0, 0.05) is 6.42 Å². The topological polar surface area (TPSA) is 72.8 Å². The molecule has 8 heteroatoms. The molecule has 0 spiro atoms. The van der Waals surface area contributed by atoms with Crippen molar-refractivity contribution in [3.05, 3.63) is 0 Å². The number of hydrogen-bond donors (Lipinski definition) is 1. The second-order valence-electron chi connectivity index (χ2n) is 2.89. The van der Waals surface area contributed by atoms with Crippen LogP contribution in [0.4, 0.5) is 8.78 Å². The molecular formula is C8H15F2O5P. The van der Waals surface area contributed by atoms with Crippen LogP contribution >= 0.6 is 7.60 Å². The van der Waals surface area contributed by atoms with Gasteiger partial charge in [-0.05, 0) is 13.8 Å². The Balaban J connectivity index is 4.74. The fourth-order valence-electron chi connectivity index (χ4n) is 0.960. The summed E-state index contributed by atoms with van der Waals surface area (Å²) in [5, 5.41) is 8.30. The van der Waals surface area contributed by atoms with Gasteiger partial charge in [0.25, 0.3) is 0 Å². The molecule has 0 aromatic rings. The predicted octanol–water partition coefficient (Wildman–Crippen LogP) is 2.71. The first-order valence-electron chi connectivity index (χ1n) is 4.78. The molecule has 0 atom stereocenters. The summed E-state index contributed by atoms with van der Waals surface area (Å²) in [7, 11) is -4.58. The zero-order chi connectivity index (χ0) is 12.8. The van der Waals surface area contributed by atoms with Gasteiger partial charge in [0.05, 0.1) is 19.6 Å². The SMILES string of the molecule is CCOP(=O)(OCC)C(F)(F)CCC(=O)O. The molecule has 0 saturated heterocycles. The normalized spacial score (nSPS) is 12.8. The number of halogens is 2. The van der Waals surface area contributed by atoms with Crippen LogP contribution in [0.2, 0.25) is 0 Å². The van der Waals surface area contributed by atoms with Crippen LogP contribution in [0.5, 0.6) is 0 Å². The van der Waals surface area contributed by atoms with Crippen molar-refractivity contribution in [1.82, 2.24) is 0 Å². The van der Waals surface area contributed by atoms with Crippen molar-refractivity contribution >= 4 is 13.6 Å². The third kappa shape index (κ3) is 4.15. The Morgan fingerprint density at radius 3 is 2.06 bits per heavy atom. The lowest BCUT2D eigenvalue weighted by atomic mass is 10.3. The molecule has 0 unspecified atom stereocenters. The maximum absolute atomic E-state index is 13.4. The van der Waals surface area contributed by atoms with Gasteiger partial charge in [0.1, 0.15) is 0 Å². The zero-order valence-electron chi connectivity index (χ0n) is 9.11. The molecule has 0 aromatic heterocycles.